The number of thiocarbonyl (C=S) groups is 1. The lowest BCUT2D eigenvalue weighted by atomic mass is 10.6. The Kier molecular flexibility index (Phi) is 4.90. The lowest BCUT2D eigenvalue weighted by Gasteiger charge is -1.91. The Morgan fingerprint density at radius 3 is 2.67 bits per heavy atom. The van der Waals surface area contributed by atoms with Crippen molar-refractivity contribution in [3.8, 4) is 0 Å². The van der Waals surface area contributed by atoms with Crippen LogP contribution in [0, 0.1) is 0 Å². The van der Waals surface area contributed by atoms with E-state index in [-0.39, 0.29) is 6.33 Å². The maximum atomic E-state index is 11.9. The van der Waals surface area contributed by atoms with Gasteiger partial charge in [0.25, 0.3) is 0 Å². The number of rotatable bonds is 3. The molecule has 0 bridgehead atoms. The SMILES string of the molecule is CC(=S)CS/C(F)=C/F. The van der Waals surface area contributed by atoms with E-state index < -0.39 is 5.16 Å². The fourth-order valence-electron chi connectivity index (χ4n) is 0.202. The highest BCUT2D eigenvalue weighted by Gasteiger charge is 1.94. The molecule has 0 amide bonds. The normalized spacial score (nSPS) is 11.7. The minimum atomic E-state index is -0.820. The Labute approximate surface area is 62.3 Å². The molecule has 0 spiro atoms. The van der Waals surface area contributed by atoms with Crippen LogP contribution in [0.25, 0.3) is 0 Å². The van der Waals surface area contributed by atoms with Gasteiger partial charge in [0.15, 0.2) is 5.16 Å². The smallest absolute Gasteiger partial charge is 0.185 e. The zero-order chi connectivity index (χ0) is 7.28. The Morgan fingerprint density at radius 1 is 1.78 bits per heavy atom. The summed E-state index contributed by atoms with van der Waals surface area (Å²) in [6.45, 7) is 1.69. The van der Waals surface area contributed by atoms with Crippen molar-refractivity contribution in [3.05, 3.63) is 11.5 Å². The van der Waals surface area contributed by atoms with Gasteiger partial charge < -0.3 is 0 Å². The van der Waals surface area contributed by atoms with E-state index >= 15 is 0 Å². The van der Waals surface area contributed by atoms with Crippen molar-refractivity contribution in [3.63, 3.8) is 0 Å². The molecule has 0 N–H and O–H groups in total. The summed E-state index contributed by atoms with van der Waals surface area (Å²) < 4.78 is 23.1. The summed E-state index contributed by atoms with van der Waals surface area (Å²) in [5.74, 6) is 0.363. The largest absolute Gasteiger partial charge is 0.212 e. The Morgan fingerprint density at radius 2 is 2.33 bits per heavy atom. The third-order valence-corrected chi connectivity index (χ3v) is 1.77. The molecule has 0 radical (unpaired) electrons. The maximum Gasteiger partial charge on any atom is 0.185 e. The standard InChI is InChI=1S/C5H6F2S2/c1-4(8)3-9-5(7)2-6/h2H,3H2,1H3/b5-2+. The van der Waals surface area contributed by atoms with Gasteiger partial charge in [-0.3, -0.25) is 0 Å². The predicted molar refractivity (Wildman–Crippen MR) is 41.0 cm³/mol. The first-order valence-corrected chi connectivity index (χ1v) is 3.64. The fourth-order valence-corrected chi connectivity index (χ4v) is 0.783. The molecule has 0 rings (SSSR count). The highest BCUT2D eigenvalue weighted by molar-refractivity contribution is 8.04. The van der Waals surface area contributed by atoms with Crippen LogP contribution in [0.1, 0.15) is 6.92 Å². The molecule has 0 aromatic rings. The number of hydrogen-bond acceptors (Lipinski definition) is 2. The van der Waals surface area contributed by atoms with Crippen molar-refractivity contribution in [1.29, 1.82) is 0 Å². The quantitative estimate of drug-likeness (QED) is 0.594. The molecule has 0 aliphatic carbocycles. The second kappa shape index (κ2) is 4.88. The van der Waals surface area contributed by atoms with Gasteiger partial charge in [0, 0.05) is 10.6 Å². The van der Waals surface area contributed by atoms with Crippen molar-refractivity contribution in [2.45, 2.75) is 6.92 Å². The molecule has 0 atom stereocenters. The lowest BCUT2D eigenvalue weighted by molar-refractivity contribution is 0.630. The topological polar surface area (TPSA) is 0 Å². The Hall–Kier alpha value is 0.0400. The van der Waals surface area contributed by atoms with Crippen LogP contribution in [0.4, 0.5) is 8.78 Å². The number of halogens is 2. The highest BCUT2D eigenvalue weighted by Crippen LogP contribution is 2.16. The van der Waals surface area contributed by atoms with Gasteiger partial charge in [-0.15, -0.1) is 0 Å². The van der Waals surface area contributed by atoms with E-state index in [0.29, 0.717) is 10.6 Å². The van der Waals surface area contributed by atoms with Gasteiger partial charge in [0.1, 0.15) is 6.33 Å². The molecular formula is C5H6F2S2. The van der Waals surface area contributed by atoms with Gasteiger partial charge in [-0.2, -0.15) is 4.39 Å². The first kappa shape index (κ1) is 9.04. The molecule has 4 heteroatoms. The van der Waals surface area contributed by atoms with Gasteiger partial charge in [0.2, 0.25) is 0 Å². The molecule has 0 fully saturated rings. The first-order chi connectivity index (χ1) is 4.16. The summed E-state index contributed by atoms with van der Waals surface area (Å²) in [5, 5.41) is -0.820. The number of hydrogen-bond donors (Lipinski definition) is 0. The molecule has 0 aliphatic heterocycles. The Balaban J connectivity index is 3.39. The van der Waals surface area contributed by atoms with Gasteiger partial charge >= 0.3 is 0 Å². The molecule has 0 aliphatic rings. The summed E-state index contributed by atoms with van der Waals surface area (Å²) in [4.78, 5) is 0.664. The van der Waals surface area contributed by atoms with E-state index in [1.807, 2.05) is 0 Å². The summed E-state index contributed by atoms with van der Waals surface area (Å²) in [7, 11) is 0. The molecule has 0 saturated heterocycles. The number of thioether (sulfide) groups is 1. The molecule has 52 valence electrons. The lowest BCUT2D eigenvalue weighted by Crippen LogP contribution is -1.88. The molecule has 0 aromatic heterocycles. The molecule has 9 heavy (non-hydrogen) atoms. The predicted octanol–water partition coefficient (Wildman–Crippen LogP) is 2.85. The maximum absolute atomic E-state index is 11.9. The second-order valence-electron chi connectivity index (χ2n) is 1.40. The van der Waals surface area contributed by atoms with E-state index in [4.69, 9.17) is 0 Å². The zero-order valence-electron chi connectivity index (χ0n) is 4.86. The van der Waals surface area contributed by atoms with E-state index in [0.717, 1.165) is 11.8 Å². The molecule has 0 nitrogen and oxygen atoms in total. The van der Waals surface area contributed by atoms with Gasteiger partial charge in [0.05, 0.1) is 0 Å². The van der Waals surface area contributed by atoms with Crippen molar-refractivity contribution >= 4 is 28.8 Å². The van der Waals surface area contributed by atoms with Crippen LogP contribution in [0.3, 0.4) is 0 Å². The van der Waals surface area contributed by atoms with Crippen molar-refractivity contribution < 1.29 is 8.78 Å². The summed E-state index contributed by atoms with van der Waals surface area (Å²) >= 11 is 5.39. The van der Waals surface area contributed by atoms with E-state index in [1.165, 1.54) is 0 Å². The third-order valence-electron chi connectivity index (χ3n) is 0.499. The zero-order valence-corrected chi connectivity index (χ0v) is 6.49. The third kappa shape index (κ3) is 5.92. The molecule has 0 aromatic carbocycles. The van der Waals surface area contributed by atoms with Crippen LogP contribution in [0.5, 0.6) is 0 Å². The van der Waals surface area contributed by atoms with E-state index in [1.54, 1.807) is 6.92 Å². The summed E-state index contributed by atoms with van der Waals surface area (Å²) in [6, 6.07) is 0. The minimum Gasteiger partial charge on any atom is -0.212 e. The highest BCUT2D eigenvalue weighted by atomic mass is 32.2. The fraction of sp³-hybridized carbons (Fsp3) is 0.400. The molecular weight excluding hydrogens is 162 g/mol. The van der Waals surface area contributed by atoms with E-state index in [9.17, 15) is 8.78 Å². The minimum absolute atomic E-state index is 0.0665. The molecule has 0 unspecified atom stereocenters. The van der Waals surface area contributed by atoms with E-state index in [2.05, 4.69) is 12.2 Å². The molecule has 0 saturated carbocycles. The van der Waals surface area contributed by atoms with Crippen LogP contribution in [-0.2, 0) is 0 Å². The molecule has 0 heterocycles. The second-order valence-corrected chi connectivity index (χ2v) is 3.07. The van der Waals surface area contributed by atoms with Crippen LogP contribution < -0.4 is 0 Å². The first-order valence-electron chi connectivity index (χ1n) is 2.25. The summed E-state index contributed by atoms with van der Waals surface area (Å²) in [6.07, 6.45) is -0.0665. The Bertz CT molecular complexity index is 131. The van der Waals surface area contributed by atoms with Crippen LogP contribution in [-0.4, -0.2) is 10.6 Å². The monoisotopic (exact) mass is 168 g/mol. The van der Waals surface area contributed by atoms with Crippen LogP contribution >= 0.6 is 24.0 Å². The summed E-state index contributed by atoms with van der Waals surface area (Å²) in [5.41, 5.74) is 0. The van der Waals surface area contributed by atoms with Crippen molar-refractivity contribution in [2.24, 2.45) is 0 Å². The van der Waals surface area contributed by atoms with Crippen molar-refractivity contribution in [2.75, 3.05) is 5.75 Å². The van der Waals surface area contributed by atoms with Gasteiger partial charge in [-0.25, -0.2) is 4.39 Å². The average Bonchev–Trinajstić information content (AvgIpc) is 1.83. The van der Waals surface area contributed by atoms with Gasteiger partial charge in [-0.05, 0) is 6.92 Å². The van der Waals surface area contributed by atoms with Crippen LogP contribution in [0.2, 0.25) is 0 Å². The van der Waals surface area contributed by atoms with Crippen LogP contribution in [0.15, 0.2) is 11.5 Å². The van der Waals surface area contributed by atoms with Gasteiger partial charge in [-0.1, -0.05) is 24.0 Å². The van der Waals surface area contributed by atoms with Crippen molar-refractivity contribution in [1.82, 2.24) is 0 Å². The average molecular weight is 168 g/mol.